The molecule has 2 aromatic carbocycles. The molecule has 0 aliphatic carbocycles. The Labute approximate surface area is 126 Å². The Balaban J connectivity index is 1.70. The molecule has 0 amide bonds. The van der Waals surface area contributed by atoms with E-state index in [2.05, 4.69) is 25.7 Å². The molecule has 0 aliphatic rings. The van der Waals surface area contributed by atoms with E-state index in [0.717, 1.165) is 15.9 Å². The molecular formula is C15H13N5S. The Kier molecular flexibility index (Phi) is 3.97. The summed E-state index contributed by atoms with van der Waals surface area (Å²) in [6.07, 6.45) is 0. The standard InChI is InChI=1S/C15H13N5S/c1-11(17-19-12-7-3-2-4-8-12)18-20-15-16-13-9-5-6-10-14(13)21-15/h2-10,19H,1H3/b17-11-,20-18?. The molecule has 1 N–H and O–H groups in total. The molecule has 0 unspecified atom stereocenters. The van der Waals surface area contributed by atoms with Gasteiger partial charge in [0.25, 0.3) is 0 Å². The average Bonchev–Trinajstić information content (AvgIpc) is 2.95. The van der Waals surface area contributed by atoms with E-state index in [0.29, 0.717) is 11.0 Å². The number of aromatic nitrogens is 1. The molecule has 0 fully saturated rings. The first-order valence-corrected chi connectivity index (χ1v) is 7.25. The summed E-state index contributed by atoms with van der Waals surface area (Å²) in [5.41, 5.74) is 4.77. The van der Waals surface area contributed by atoms with Crippen LogP contribution in [0.2, 0.25) is 0 Å². The van der Waals surface area contributed by atoms with E-state index in [1.807, 2.05) is 54.6 Å². The van der Waals surface area contributed by atoms with Crippen LogP contribution in [0.4, 0.5) is 10.8 Å². The second-order valence-corrected chi connectivity index (χ2v) is 5.31. The lowest BCUT2D eigenvalue weighted by atomic mass is 10.3. The number of nitrogens with zero attached hydrogens (tertiary/aromatic N) is 4. The number of para-hydroxylation sites is 2. The second-order valence-electron chi connectivity index (χ2n) is 4.30. The van der Waals surface area contributed by atoms with Gasteiger partial charge in [0.1, 0.15) is 0 Å². The summed E-state index contributed by atoms with van der Waals surface area (Å²) in [6, 6.07) is 17.6. The number of hydrogen-bond donors (Lipinski definition) is 1. The van der Waals surface area contributed by atoms with E-state index in [1.54, 1.807) is 6.92 Å². The normalized spacial score (nSPS) is 12.1. The largest absolute Gasteiger partial charge is 0.277 e. The zero-order chi connectivity index (χ0) is 14.5. The molecule has 1 heterocycles. The van der Waals surface area contributed by atoms with Gasteiger partial charge >= 0.3 is 0 Å². The fourth-order valence-electron chi connectivity index (χ4n) is 1.70. The first-order valence-electron chi connectivity index (χ1n) is 6.44. The molecule has 5 nitrogen and oxygen atoms in total. The highest BCUT2D eigenvalue weighted by molar-refractivity contribution is 7.21. The third kappa shape index (κ3) is 3.49. The molecular weight excluding hydrogens is 282 g/mol. The van der Waals surface area contributed by atoms with Crippen molar-refractivity contribution < 1.29 is 0 Å². The number of fused-ring (bicyclic) bond motifs is 1. The maximum Gasteiger partial charge on any atom is 0.231 e. The van der Waals surface area contributed by atoms with Crippen LogP contribution in [0.1, 0.15) is 6.92 Å². The molecule has 0 saturated heterocycles. The van der Waals surface area contributed by atoms with E-state index < -0.39 is 0 Å². The van der Waals surface area contributed by atoms with Crippen LogP contribution in [0.15, 0.2) is 69.9 Å². The maximum atomic E-state index is 4.39. The average molecular weight is 295 g/mol. The zero-order valence-corrected chi connectivity index (χ0v) is 12.2. The van der Waals surface area contributed by atoms with Crippen molar-refractivity contribution in [3.8, 4) is 0 Å². The summed E-state index contributed by atoms with van der Waals surface area (Å²) in [5.74, 6) is 0.540. The van der Waals surface area contributed by atoms with Gasteiger partial charge in [-0.3, -0.25) is 5.43 Å². The van der Waals surface area contributed by atoms with E-state index in [-0.39, 0.29) is 0 Å². The van der Waals surface area contributed by atoms with Gasteiger partial charge in [0, 0.05) is 0 Å². The fraction of sp³-hybridized carbons (Fsp3) is 0.0667. The Bertz CT molecular complexity index is 759. The smallest absolute Gasteiger partial charge is 0.231 e. The number of amidine groups is 1. The molecule has 3 aromatic rings. The number of anilines is 1. The fourth-order valence-corrected chi connectivity index (χ4v) is 2.49. The van der Waals surface area contributed by atoms with Gasteiger partial charge in [0.05, 0.1) is 15.9 Å². The summed E-state index contributed by atoms with van der Waals surface area (Å²) in [5, 5.41) is 13.0. The first-order chi connectivity index (χ1) is 10.3. The van der Waals surface area contributed by atoms with Gasteiger partial charge in [0.15, 0.2) is 5.84 Å². The quantitative estimate of drug-likeness (QED) is 0.326. The SMILES string of the molecule is C/C(N=Nc1nc2ccccc2s1)=N/Nc1ccccc1. The van der Waals surface area contributed by atoms with Crippen molar-refractivity contribution >= 4 is 38.2 Å². The number of nitrogens with one attached hydrogen (secondary N) is 1. The van der Waals surface area contributed by atoms with E-state index >= 15 is 0 Å². The lowest BCUT2D eigenvalue weighted by Gasteiger charge is -1.98. The Morgan fingerprint density at radius 3 is 2.62 bits per heavy atom. The molecule has 0 spiro atoms. The molecule has 0 bridgehead atoms. The number of hydrazone groups is 1. The van der Waals surface area contributed by atoms with Crippen LogP contribution in [0.3, 0.4) is 0 Å². The third-order valence-corrected chi connectivity index (χ3v) is 3.60. The predicted molar refractivity (Wildman–Crippen MR) is 87.3 cm³/mol. The molecule has 1 aromatic heterocycles. The minimum absolute atomic E-state index is 0.540. The van der Waals surface area contributed by atoms with Gasteiger partial charge in [0.2, 0.25) is 5.13 Å². The number of benzene rings is 2. The van der Waals surface area contributed by atoms with Crippen molar-refractivity contribution in [2.75, 3.05) is 5.43 Å². The molecule has 6 heteroatoms. The number of rotatable bonds is 3. The topological polar surface area (TPSA) is 62.0 Å². The van der Waals surface area contributed by atoms with Gasteiger partial charge < -0.3 is 0 Å². The van der Waals surface area contributed by atoms with Crippen LogP contribution in [0, 0.1) is 0 Å². The Hall–Kier alpha value is -2.60. The van der Waals surface area contributed by atoms with Crippen molar-refractivity contribution in [2.45, 2.75) is 6.92 Å². The molecule has 0 atom stereocenters. The van der Waals surface area contributed by atoms with E-state index in [1.165, 1.54) is 11.3 Å². The molecule has 3 rings (SSSR count). The second kappa shape index (κ2) is 6.23. The summed E-state index contributed by atoms with van der Waals surface area (Å²) in [4.78, 5) is 4.39. The van der Waals surface area contributed by atoms with Gasteiger partial charge in [-0.25, -0.2) is 4.98 Å². The maximum absolute atomic E-state index is 4.39. The van der Waals surface area contributed by atoms with Gasteiger partial charge in [-0.15, -0.1) is 10.2 Å². The van der Waals surface area contributed by atoms with Crippen molar-refractivity contribution in [2.24, 2.45) is 15.3 Å². The van der Waals surface area contributed by atoms with Crippen LogP contribution in [0.5, 0.6) is 0 Å². The highest BCUT2D eigenvalue weighted by Gasteiger charge is 2.01. The molecule has 21 heavy (non-hydrogen) atoms. The minimum Gasteiger partial charge on any atom is -0.277 e. The summed E-state index contributed by atoms with van der Waals surface area (Å²) >= 11 is 1.51. The lowest BCUT2D eigenvalue weighted by Crippen LogP contribution is -1.93. The highest BCUT2D eigenvalue weighted by Crippen LogP contribution is 2.27. The van der Waals surface area contributed by atoms with Crippen molar-refractivity contribution in [1.29, 1.82) is 0 Å². The van der Waals surface area contributed by atoms with Crippen LogP contribution < -0.4 is 5.43 Å². The summed E-state index contributed by atoms with van der Waals surface area (Å²) in [6.45, 7) is 1.78. The highest BCUT2D eigenvalue weighted by atomic mass is 32.1. The number of azo groups is 1. The molecule has 0 radical (unpaired) electrons. The Morgan fingerprint density at radius 1 is 1.05 bits per heavy atom. The zero-order valence-electron chi connectivity index (χ0n) is 11.4. The van der Waals surface area contributed by atoms with Crippen molar-refractivity contribution in [3.05, 3.63) is 54.6 Å². The van der Waals surface area contributed by atoms with Crippen molar-refractivity contribution in [3.63, 3.8) is 0 Å². The monoisotopic (exact) mass is 295 g/mol. The number of thiazole rings is 1. The summed E-state index contributed by atoms with van der Waals surface area (Å²) in [7, 11) is 0. The van der Waals surface area contributed by atoms with Crippen LogP contribution in [0.25, 0.3) is 10.2 Å². The van der Waals surface area contributed by atoms with Gasteiger partial charge in [-0.05, 0) is 31.2 Å². The Morgan fingerprint density at radius 2 is 1.81 bits per heavy atom. The minimum atomic E-state index is 0.540. The predicted octanol–water partition coefficient (Wildman–Crippen LogP) is 4.83. The van der Waals surface area contributed by atoms with E-state index in [4.69, 9.17) is 0 Å². The lowest BCUT2D eigenvalue weighted by molar-refractivity contribution is 1.20. The van der Waals surface area contributed by atoms with Crippen LogP contribution in [-0.4, -0.2) is 10.8 Å². The molecule has 104 valence electrons. The van der Waals surface area contributed by atoms with E-state index in [9.17, 15) is 0 Å². The molecule has 0 saturated carbocycles. The third-order valence-electron chi connectivity index (χ3n) is 2.68. The van der Waals surface area contributed by atoms with Gasteiger partial charge in [-0.2, -0.15) is 5.10 Å². The first kappa shape index (κ1) is 13.4. The molecule has 0 aliphatic heterocycles. The van der Waals surface area contributed by atoms with Gasteiger partial charge in [-0.1, -0.05) is 41.7 Å². The van der Waals surface area contributed by atoms with Crippen LogP contribution in [-0.2, 0) is 0 Å². The van der Waals surface area contributed by atoms with Crippen LogP contribution >= 0.6 is 11.3 Å². The number of hydrogen-bond acceptors (Lipinski definition) is 5. The summed E-state index contributed by atoms with van der Waals surface area (Å²) < 4.78 is 1.10. The van der Waals surface area contributed by atoms with Crippen molar-refractivity contribution in [1.82, 2.24) is 4.98 Å².